The molecule has 0 aliphatic carbocycles. The Bertz CT molecular complexity index is 3220. The van der Waals surface area contributed by atoms with Crippen LogP contribution in [0.5, 0.6) is 0 Å². The van der Waals surface area contributed by atoms with Crippen LogP contribution < -0.4 is 4.90 Å². The summed E-state index contributed by atoms with van der Waals surface area (Å²) < 4.78 is 12.9. The van der Waals surface area contributed by atoms with Gasteiger partial charge in [-0.3, -0.25) is 0 Å². The summed E-state index contributed by atoms with van der Waals surface area (Å²) >= 11 is 0. The SMILES string of the molecule is c1cc(-c2ccccc2N(c2ccc(-c3cccc4oc5ccccc5c34)cc2)c2cccc3c2oc2ccccc23)cc(-c2cccc3ccccc23)c1. The molecule has 0 atom stereocenters. The zero-order chi connectivity index (χ0) is 36.3. The van der Waals surface area contributed by atoms with Gasteiger partial charge in [-0.05, 0) is 87.1 Å². The van der Waals surface area contributed by atoms with Gasteiger partial charge in [-0.25, -0.2) is 0 Å². The van der Waals surface area contributed by atoms with Crippen LogP contribution in [0.2, 0.25) is 0 Å². The second kappa shape index (κ2) is 12.6. The van der Waals surface area contributed by atoms with Gasteiger partial charge in [-0.2, -0.15) is 0 Å². The lowest BCUT2D eigenvalue weighted by atomic mass is 9.94. The lowest BCUT2D eigenvalue weighted by molar-refractivity contribution is 0.668. The average Bonchev–Trinajstić information content (AvgIpc) is 3.83. The number of furan rings is 2. The van der Waals surface area contributed by atoms with Crippen LogP contribution in [0.1, 0.15) is 0 Å². The van der Waals surface area contributed by atoms with Gasteiger partial charge < -0.3 is 13.7 Å². The van der Waals surface area contributed by atoms with Gasteiger partial charge in [0, 0.05) is 32.8 Å². The second-order valence-electron chi connectivity index (χ2n) is 14.0. The molecule has 3 heteroatoms. The number of hydrogen-bond donors (Lipinski definition) is 0. The predicted octanol–water partition coefficient (Wildman–Crippen LogP) is 15.1. The Morgan fingerprint density at radius 1 is 0.327 bits per heavy atom. The van der Waals surface area contributed by atoms with Crippen LogP contribution in [0.3, 0.4) is 0 Å². The zero-order valence-corrected chi connectivity index (χ0v) is 29.8. The molecule has 11 aromatic rings. The van der Waals surface area contributed by atoms with E-state index in [9.17, 15) is 0 Å². The molecule has 0 aliphatic heterocycles. The Kier molecular flexibility index (Phi) is 7.17. The van der Waals surface area contributed by atoms with Crippen molar-refractivity contribution in [2.24, 2.45) is 0 Å². The van der Waals surface area contributed by atoms with Crippen LogP contribution in [0.4, 0.5) is 17.1 Å². The standard InChI is InChI=1S/C52H33NO2/c1-2-17-39-34(13-1)14-10-21-40(39)36-15-9-16-37(33-36)41-18-3-6-24-46(41)53(47-25-11-23-44-43-19-4-7-26-48(43)55-52(44)47)38-31-29-35(30-32-38)42-22-12-28-50-51(42)45-20-5-8-27-49(45)54-50/h1-33H. The minimum absolute atomic E-state index is 0.849. The van der Waals surface area contributed by atoms with E-state index in [2.05, 4.69) is 181 Å². The number of para-hydroxylation sites is 4. The van der Waals surface area contributed by atoms with Crippen LogP contribution in [-0.4, -0.2) is 0 Å². The summed E-state index contributed by atoms with van der Waals surface area (Å²) in [6.45, 7) is 0. The van der Waals surface area contributed by atoms with Crippen LogP contribution in [-0.2, 0) is 0 Å². The highest BCUT2D eigenvalue weighted by Crippen LogP contribution is 2.46. The van der Waals surface area contributed by atoms with Gasteiger partial charge in [0.15, 0.2) is 5.58 Å². The van der Waals surface area contributed by atoms with E-state index in [1.807, 2.05) is 24.3 Å². The Balaban J connectivity index is 1.10. The smallest absolute Gasteiger partial charge is 0.159 e. The molecule has 0 saturated carbocycles. The average molecular weight is 704 g/mol. The third kappa shape index (κ3) is 5.13. The number of benzene rings is 9. The van der Waals surface area contributed by atoms with Crippen molar-refractivity contribution in [3.63, 3.8) is 0 Å². The second-order valence-corrected chi connectivity index (χ2v) is 14.0. The Hall–Kier alpha value is -7.36. The third-order valence-electron chi connectivity index (χ3n) is 10.9. The van der Waals surface area contributed by atoms with E-state index in [1.54, 1.807) is 0 Å². The molecule has 9 aromatic carbocycles. The fraction of sp³-hybridized carbons (Fsp3) is 0. The molecule has 0 saturated heterocycles. The molecule has 2 aromatic heterocycles. The summed E-state index contributed by atoms with van der Waals surface area (Å²) in [4.78, 5) is 2.35. The molecule has 0 radical (unpaired) electrons. The molecule has 0 N–H and O–H groups in total. The van der Waals surface area contributed by atoms with Gasteiger partial charge in [-0.1, -0.05) is 152 Å². The fourth-order valence-electron chi connectivity index (χ4n) is 8.37. The third-order valence-corrected chi connectivity index (χ3v) is 10.9. The van der Waals surface area contributed by atoms with E-state index < -0.39 is 0 Å². The molecule has 0 fully saturated rings. The maximum absolute atomic E-state index is 6.69. The molecule has 11 rings (SSSR count). The number of anilines is 3. The monoisotopic (exact) mass is 703 g/mol. The molecule has 0 amide bonds. The van der Waals surface area contributed by atoms with Crippen molar-refractivity contribution in [3.8, 4) is 33.4 Å². The number of hydrogen-bond acceptors (Lipinski definition) is 3. The summed E-state index contributed by atoms with van der Waals surface area (Å²) in [6, 6.07) is 71.0. The lowest BCUT2D eigenvalue weighted by Gasteiger charge is -2.28. The predicted molar refractivity (Wildman–Crippen MR) is 229 cm³/mol. The largest absolute Gasteiger partial charge is 0.456 e. The normalized spacial score (nSPS) is 11.6. The van der Waals surface area contributed by atoms with E-state index in [0.29, 0.717) is 0 Å². The lowest BCUT2D eigenvalue weighted by Crippen LogP contribution is -2.11. The van der Waals surface area contributed by atoms with E-state index in [4.69, 9.17) is 8.83 Å². The number of fused-ring (bicyclic) bond motifs is 7. The molecule has 55 heavy (non-hydrogen) atoms. The Morgan fingerprint density at radius 3 is 1.76 bits per heavy atom. The van der Waals surface area contributed by atoms with Gasteiger partial charge in [-0.15, -0.1) is 0 Å². The first-order valence-electron chi connectivity index (χ1n) is 18.7. The highest BCUT2D eigenvalue weighted by molar-refractivity contribution is 6.13. The van der Waals surface area contributed by atoms with Gasteiger partial charge in [0.25, 0.3) is 0 Å². The molecule has 0 aliphatic rings. The van der Waals surface area contributed by atoms with E-state index in [-0.39, 0.29) is 0 Å². The molecule has 258 valence electrons. The van der Waals surface area contributed by atoms with Crippen molar-refractivity contribution in [2.75, 3.05) is 4.90 Å². The highest BCUT2D eigenvalue weighted by atomic mass is 16.3. The molecular formula is C52H33NO2. The Morgan fingerprint density at radius 2 is 0.891 bits per heavy atom. The van der Waals surface area contributed by atoms with Gasteiger partial charge in [0.05, 0.1) is 11.4 Å². The van der Waals surface area contributed by atoms with Crippen molar-refractivity contribution in [3.05, 3.63) is 200 Å². The van der Waals surface area contributed by atoms with E-state index in [1.165, 1.54) is 21.9 Å². The fourth-order valence-corrected chi connectivity index (χ4v) is 8.37. The number of nitrogens with zero attached hydrogens (tertiary/aromatic N) is 1. The van der Waals surface area contributed by atoms with Gasteiger partial charge in [0.1, 0.15) is 16.7 Å². The van der Waals surface area contributed by atoms with Gasteiger partial charge in [0.2, 0.25) is 0 Å². The van der Waals surface area contributed by atoms with Crippen molar-refractivity contribution < 1.29 is 8.83 Å². The van der Waals surface area contributed by atoms with Crippen molar-refractivity contribution in [1.29, 1.82) is 0 Å². The first-order chi connectivity index (χ1) is 27.3. The Labute approximate surface area is 317 Å². The minimum Gasteiger partial charge on any atom is -0.456 e. The van der Waals surface area contributed by atoms with Crippen LogP contribution in [0, 0.1) is 0 Å². The van der Waals surface area contributed by atoms with Crippen LogP contribution >= 0.6 is 0 Å². The zero-order valence-electron chi connectivity index (χ0n) is 29.8. The molecular weight excluding hydrogens is 671 g/mol. The minimum atomic E-state index is 0.849. The highest BCUT2D eigenvalue weighted by Gasteiger charge is 2.22. The van der Waals surface area contributed by atoms with Gasteiger partial charge >= 0.3 is 0 Å². The summed E-state index contributed by atoms with van der Waals surface area (Å²) in [5.74, 6) is 0. The first-order valence-corrected chi connectivity index (χ1v) is 18.7. The summed E-state index contributed by atoms with van der Waals surface area (Å²) in [6.07, 6.45) is 0. The maximum Gasteiger partial charge on any atom is 0.159 e. The summed E-state index contributed by atoms with van der Waals surface area (Å²) in [5, 5.41) is 6.92. The molecule has 2 heterocycles. The first kappa shape index (κ1) is 31.2. The molecule has 3 nitrogen and oxygen atoms in total. The molecule has 0 unspecified atom stereocenters. The maximum atomic E-state index is 6.69. The summed E-state index contributed by atoms with van der Waals surface area (Å²) in [7, 11) is 0. The number of rotatable bonds is 6. The quantitative estimate of drug-likeness (QED) is 0.173. The summed E-state index contributed by atoms with van der Waals surface area (Å²) in [5.41, 5.74) is 13.5. The van der Waals surface area contributed by atoms with Crippen molar-refractivity contribution in [2.45, 2.75) is 0 Å². The molecule has 0 spiro atoms. The van der Waals surface area contributed by atoms with Crippen molar-refractivity contribution >= 4 is 71.7 Å². The van der Waals surface area contributed by atoms with Crippen molar-refractivity contribution in [1.82, 2.24) is 0 Å². The molecule has 0 bridgehead atoms. The van der Waals surface area contributed by atoms with E-state index >= 15 is 0 Å². The van der Waals surface area contributed by atoms with E-state index in [0.717, 1.165) is 83.2 Å². The van der Waals surface area contributed by atoms with Crippen LogP contribution in [0.15, 0.2) is 209 Å². The van der Waals surface area contributed by atoms with Crippen LogP contribution in [0.25, 0.3) is 88.0 Å². The topological polar surface area (TPSA) is 29.5 Å².